The van der Waals surface area contributed by atoms with Crippen LogP contribution in [0.3, 0.4) is 0 Å². The van der Waals surface area contributed by atoms with Crippen molar-refractivity contribution in [2.24, 2.45) is 0 Å². The summed E-state index contributed by atoms with van der Waals surface area (Å²) in [7, 11) is -0.823. The summed E-state index contributed by atoms with van der Waals surface area (Å²) in [5.41, 5.74) is 0.965. The van der Waals surface area contributed by atoms with E-state index in [0.29, 0.717) is 23.9 Å². The van der Waals surface area contributed by atoms with Crippen molar-refractivity contribution in [3.05, 3.63) is 59.2 Å². The van der Waals surface area contributed by atoms with Crippen LogP contribution in [0.1, 0.15) is 23.5 Å². The van der Waals surface area contributed by atoms with Crippen molar-refractivity contribution >= 4 is 10.8 Å². The Labute approximate surface area is 142 Å². The van der Waals surface area contributed by atoms with Gasteiger partial charge in [-0.3, -0.25) is 4.21 Å². The van der Waals surface area contributed by atoms with Crippen molar-refractivity contribution in [2.45, 2.75) is 18.9 Å². The van der Waals surface area contributed by atoms with Crippen LogP contribution in [0.4, 0.5) is 8.78 Å². The molecule has 2 aromatic rings. The maximum absolute atomic E-state index is 13.6. The predicted octanol–water partition coefficient (Wildman–Crippen LogP) is 3.79. The Kier molecular flexibility index (Phi) is 5.14. The van der Waals surface area contributed by atoms with Crippen LogP contribution in [0, 0.1) is 11.6 Å². The Balaban J connectivity index is 1.68. The summed E-state index contributed by atoms with van der Waals surface area (Å²) in [6.45, 7) is 0.369. The molecule has 1 aliphatic rings. The van der Waals surface area contributed by atoms with Crippen LogP contribution >= 0.6 is 0 Å². The summed E-state index contributed by atoms with van der Waals surface area (Å²) in [5, 5.41) is 0. The van der Waals surface area contributed by atoms with Gasteiger partial charge in [0.05, 0.1) is 12.2 Å². The van der Waals surface area contributed by atoms with Gasteiger partial charge in [0, 0.05) is 40.4 Å². The van der Waals surface area contributed by atoms with Crippen LogP contribution in [-0.2, 0) is 17.4 Å². The molecule has 0 spiro atoms. The highest BCUT2D eigenvalue weighted by Crippen LogP contribution is 2.38. The molecule has 1 aliphatic heterocycles. The zero-order valence-electron chi connectivity index (χ0n) is 13.3. The average Bonchev–Trinajstić information content (AvgIpc) is 2.95. The summed E-state index contributed by atoms with van der Waals surface area (Å²) < 4.78 is 49.6. The molecule has 24 heavy (non-hydrogen) atoms. The third-order valence-corrected chi connectivity index (χ3v) is 4.87. The molecule has 0 radical (unpaired) electrons. The van der Waals surface area contributed by atoms with Crippen LogP contribution < -0.4 is 9.47 Å². The van der Waals surface area contributed by atoms with Crippen molar-refractivity contribution < 1.29 is 22.5 Å². The second-order valence-corrected chi connectivity index (χ2v) is 7.32. The first-order valence-electron chi connectivity index (χ1n) is 7.67. The lowest BCUT2D eigenvalue weighted by molar-refractivity contribution is 0.289. The van der Waals surface area contributed by atoms with Gasteiger partial charge in [0.1, 0.15) is 29.7 Å². The van der Waals surface area contributed by atoms with Gasteiger partial charge in [0.25, 0.3) is 0 Å². The second-order valence-electron chi connectivity index (χ2n) is 5.76. The summed E-state index contributed by atoms with van der Waals surface area (Å²) in [5.74, 6) is 0.824. The third kappa shape index (κ3) is 3.75. The van der Waals surface area contributed by atoms with Crippen molar-refractivity contribution in [3.8, 4) is 11.5 Å². The quantitative estimate of drug-likeness (QED) is 0.793. The van der Waals surface area contributed by atoms with E-state index in [-0.39, 0.29) is 18.1 Å². The molecule has 0 fully saturated rings. The summed E-state index contributed by atoms with van der Waals surface area (Å²) in [4.78, 5) is 0. The molecule has 2 atom stereocenters. The molecule has 6 heteroatoms. The normalized spacial score (nSPS) is 17.2. The van der Waals surface area contributed by atoms with Crippen molar-refractivity contribution in [1.29, 1.82) is 0 Å². The molecular weight excluding hydrogens is 334 g/mol. The number of hydrogen-bond acceptors (Lipinski definition) is 3. The van der Waals surface area contributed by atoms with Crippen LogP contribution in [0.5, 0.6) is 11.5 Å². The molecule has 1 heterocycles. The second kappa shape index (κ2) is 7.30. The van der Waals surface area contributed by atoms with Crippen molar-refractivity contribution in [3.63, 3.8) is 0 Å². The lowest BCUT2D eigenvalue weighted by Crippen LogP contribution is -2.05. The maximum atomic E-state index is 13.6. The van der Waals surface area contributed by atoms with Gasteiger partial charge >= 0.3 is 0 Å². The topological polar surface area (TPSA) is 35.5 Å². The molecule has 0 bridgehead atoms. The average molecular weight is 352 g/mol. The van der Waals surface area contributed by atoms with E-state index in [1.165, 1.54) is 18.2 Å². The molecule has 0 amide bonds. The Morgan fingerprint density at radius 1 is 1.25 bits per heavy atom. The minimum absolute atomic E-state index is 0.0952. The monoisotopic (exact) mass is 352 g/mol. The highest BCUT2D eigenvalue weighted by molar-refractivity contribution is 7.84. The Hall–Kier alpha value is -1.95. The maximum Gasteiger partial charge on any atom is 0.132 e. The highest BCUT2D eigenvalue weighted by Gasteiger charge is 2.24. The number of hydrogen-bond donors (Lipinski definition) is 0. The summed E-state index contributed by atoms with van der Waals surface area (Å²) in [6.07, 6.45) is 2.49. The van der Waals surface area contributed by atoms with E-state index in [0.717, 1.165) is 12.0 Å². The van der Waals surface area contributed by atoms with E-state index in [9.17, 15) is 13.0 Å². The molecule has 0 N–H and O–H groups in total. The highest BCUT2D eigenvalue weighted by atomic mass is 32.2. The fourth-order valence-corrected chi connectivity index (χ4v) is 3.34. The van der Waals surface area contributed by atoms with E-state index in [1.807, 2.05) is 6.07 Å². The number of ether oxygens (including phenoxy) is 2. The Bertz CT molecular complexity index is 744. The Morgan fingerprint density at radius 2 is 2.00 bits per heavy atom. The molecule has 2 unspecified atom stereocenters. The lowest BCUT2D eigenvalue weighted by atomic mass is 9.99. The molecular formula is C18H18F2O3S. The minimum atomic E-state index is -0.823. The van der Waals surface area contributed by atoms with Crippen LogP contribution in [-0.4, -0.2) is 22.8 Å². The van der Waals surface area contributed by atoms with Gasteiger partial charge in [-0.2, -0.15) is 0 Å². The summed E-state index contributed by atoms with van der Waals surface area (Å²) in [6, 6.07) is 9.13. The van der Waals surface area contributed by atoms with Crippen LogP contribution in [0.2, 0.25) is 0 Å². The van der Waals surface area contributed by atoms with Gasteiger partial charge in [-0.15, -0.1) is 0 Å². The molecule has 128 valence electrons. The third-order valence-electron chi connectivity index (χ3n) is 4.06. The zero-order valence-corrected chi connectivity index (χ0v) is 14.1. The van der Waals surface area contributed by atoms with Gasteiger partial charge in [0.2, 0.25) is 0 Å². The minimum Gasteiger partial charge on any atom is -0.493 e. The largest absolute Gasteiger partial charge is 0.493 e. The number of halogens is 2. The number of benzene rings is 2. The van der Waals surface area contributed by atoms with Crippen molar-refractivity contribution in [1.82, 2.24) is 0 Å². The van der Waals surface area contributed by atoms with E-state index < -0.39 is 22.4 Å². The number of rotatable bonds is 6. The van der Waals surface area contributed by atoms with E-state index in [4.69, 9.17) is 9.47 Å². The standard InChI is InChI=1S/C18H18F2O3S/c1-24(21)8-7-12-10-23-18-9-13(5-6-14(12)18)22-11-15-16(19)3-2-4-17(15)20/h2-6,9,12H,7-8,10-11H2,1H3. The molecule has 0 aliphatic carbocycles. The van der Waals surface area contributed by atoms with Gasteiger partial charge in [-0.25, -0.2) is 8.78 Å². The fourth-order valence-electron chi connectivity index (χ4n) is 2.72. The SMILES string of the molecule is CS(=O)CCC1COc2cc(OCc3c(F)cccc3F)ccc21. The lowest BCUT2D eigenvalue weighted by Gasteiger charge is -2.10. The molecule has 0 aromatic heterocycles. The molecule has 0 saturated carbocycles. The fraction of sp³-hybridized carbons (Fsp3) is 0.333. The molecule has 2 aromatic carbocycles. The van der Waals surface area contributed by atoms with Gasteiger partial charge in [0.15, 0.2) is 0 Å². The van der Waals surface area contributed by atoms with E-state index in [1.54, 1.807) is 18.4 Å². The molecule has 0 saturated heterocycles. The molecule has 3 nitrogen and oxygen atoms in total. The zero-order chi connectivity index (χ0) is 17.1. The molecule has 3 rings (SSSR count). The Morgan fingerprint density at radius 3 is 2.71 bits per heavy atom. The van der Waals surface area contributed by atoms with Gasteiger partial charge in [-0.1, -0.05) is 12.1 Å². The van der Waals surface area contributed by atoms with Gasteiger partial charge in [-0.05, 0) is 24.6 Å². The van der Waals surface area contributed by atoms with Crippen LogP contribution in [0.25, 0.3) is 0 Å². The predicted molar refractivity (Wildman–Crippen MR) is 88.9 cm³/mol. The first-order valence-corrected chi connectivity index (χ1v) is 9.40. The van der Waals surface area contributed by atoms with Crippen LogP contribution in [0.15, 0.2) is 36.4 Å². The smallest absolute Gasteiger partial charge is 0.132 e. The van der Waals surface area contributed by atoms with E-state index >= 15 is 0 Å². The first-order chi connectivity index (χ1) is 11.5. The van der Waals surface area contributed by atoms with Crippen molar-refractivity contribution in [2.75, 3.05) is 18.6 Å². The summed E-state index contributed by atoms with van der Waals surface area (Å²) >= 11 is 0. The first kappa shape index (κ1) is 16.9. The van der Waals surface area contributed by atoms with Gasteiger partial charge < -0.3 is 9.47 Å². The van der Waals surface area contributed by atoms with E-state index in [2.05, 4.69) is 0 Å². The number of fused-ring (bicyclic) bond motifs is 1.